The van der Waals surface area contributed by atoms with Gasteiger partial charge in [-0.1, -0.05) is 32.6 Å². The molecular formula is C22H31NO5. The van der Waals surface area contributed by atoms with Gasteiger partial charge in [0.25, 0.3) is 0 Å². The van der Waals surface area contributed by atoms with Crippen molar-refractivity contribution in [1.82, 2.24) is 5.32 Å². The lowest BCUT2D eigenvalue weighted by atomic mass is 9.52. The van der Waals surface area contributed by atoms with Crippen LogP contribution in [-0.4, -0.2) is 51.9 Å². The summed E-state index contributed by atoms with van der Waals surface area (Å²) >= 11 is 0. The molecule has 0 bridgehead atoms. The highest BCUT2D eigenvalue weighted by molar-refractivity contribution is 6.09. The van der Waals surface area contributed by atoms with Crippen LogP contribution in [0.5, 0.6) is 0 Å². The Kier molecular flexibility index (Phi) is 4.42. The second kappa shape index (κ2) is 6.25. The topological polar surface area (TPSA) is 99.2 Å². The SMILES string of the molecule is C=C1[C@@H](C)[C@H]2[C@H](C)NC(=O)[C@]23C(=O)C[C@H](O)[C@]2(C)O[C@@H]2[C@@H](C)C/C=C/[C@H]3[C@@H]1O. The average molecular weight is 389 g/mol. The van der Waals surface area contributed by atoms with Crippen molar-refractivity contribution in [3.05, 3.63) is 24.3 Å². The van der Waals surface area contributed by atoms with Crippen LogP contribution in [-0.2, 0) is 14.3 Å². The number of carbonyl (C=O) groups excluding carboxylic acids is 2. The Bertz CT molecular complexity index is 762. The number of rotatable bonds is 0. The van der Waals surface area contributed by atoms with E-state index >= 15 is 0 Å². The fourth-order valence-electron chi connectivity index (χ4n) is 6.20. The summed E-state index contributed by atoms with van der Waals surface area (Å²) < 4.78 is 5.80. The zero-order valence-electron chi connectivity index (χ0n) is 17.0. The van der Waals surface area contributed by atoms with Gasteiger partial charge in [-0.2, -0.15) is 0 Å². The third-order valence-electron chi connectivity index (χ3n) is 7.93. The molecule has 0 aromatic heterocycles. The van der Waals surface area contributed by atoms with E-state index < -0.39 is 29.1 Å². The molecule has 1 spiro atoms. The summed E-state index contributed by atoms with van der Waals surface area (Å²) in [7, 11) is 0. The van der Waals surface area contributed by atoms with E-state index in [-0.39, 0.29) is 48.0 Å². The largest absolute Gasteiger partial charge is 0.390 e. The van der Waals surface area contributed by atoms with E-state index in [9.17, 15) is 19.8 Å². The van der Waals surface area contributed by atoms with E-state index in [0.29, 0.717) is 12.0 Å². The Hall–Kier alpha value is -1.50. The van der Waals surface area contributed by atoms with Crippen LogP contribution in [0.15, 0.2) is 24.3 Å². The van der Waals surface area contributed by atoms with Crippen molar-refractivity contribution in [2.24, 2.45) is 29.1 Å². The monoisotopic (exact) mass is 389 g/mol. The smallest absolute Gasteiger partial charge is 0.235 e. The highest BCUT2D eigenvalue weighted by Gasteiger charge is 2.69. The second-order valence-corrected chi connectivity index (χ2v) is 9.50. The molecule has 0 aromatic carbocycles. The molecule has 2 saturated heterocycles. The van der Waals surface area contributed by atoms with Gasteiger partial charge in [-0.05, 0) is 37.7 Å². The molecule has 154 valence electrons. The van der Waals surface area contributed by atoms with Crippen LogP contribution < -0.4 is 5.32 Å². The van der Waals surface area contributed by atoms with Gasteiger partial charge in [-0.3, -0.25) is 9.59 Å². The first kappa shape index (κ1) is 19.8. The lowest BCUT2D eigenvalue weighted by Crippen LogP contribution is -2.59. The molecule has 2 aliphatic carbocycles. The van der Waals surface area contributed by atoms with Crippen molar-refractivity contribution in [3.8, 4) is 0 Å². The van der Waals surface area contributed by atoms with E-state index in [4.69, 9.17) is 4.74 Å². The summed E-state index contributed by atoms with van der Waals surface area (Å²) in [5, 5.41) is 24.8. The number of hydrogen-bond donors (Lipinski definition) is 3. The zero-order valence-corrected chi connectivity index (χ0v) is 17.0. The Balaban J connectivity index is 1.86. The summed E-state index contributed by atoms with van der Waals surface area (Å²) in [4.78, 5) is 26.9. The van der Waals surface area contributed by atoms with Crippen LogP contribution in [0.2, 0.25) is 0 Å². The Morgan fingerprint density at radius 1 is 1.25 bits per heavy atom. The molecule has 0 radical (unpaired) electrons. The molecule has 0 aromatic rings. The minimum Gasteiger partial charge on any atom is -0.390 e. The minimum atomic E-state index is -1.40. The molecule has 4 aliphatic rings. The van der Waals surface area contributed by atoms with Gasteiger partial charge >= 0.3 is 0 Å². The number of carbonyl (C=O) groups is 2. The quantitative estimate of drug-likeness (QED) is 0.330. The molecule has 2 heterocycles. The lowest BCUT2D eigenvalue weighted by Gasteiger charge is -2.49. The number of amides is 1. The first-order chi connectivity index (χ1) is 13.1. The minimum absolute atomic E-state index is 0.122. The van der Waals surface area contributed by atoms with Crippen LogP contribution in [0.1, 0.15) is 40.5 Å². The standard InChI is InChI=1S/C22H31NO5/c1-10-7-6-8-14-18(26)12(3)11(2)17-13(4)23-20(27)22(14,17)16(25)9-15(24)21(5)19(10)28-21/h6,8,10-11,13-15,17-19,24,26H,3,7,9H2,1-2,4-5H3,(H,23,27)/b8-6+/t10-,11+,13-,14-,15-,17-,18+,19+,21-,22+/m0/s1. The molecular weight excluding hydrogens is 358 g/mol. The van der Waals surface area contributed by atoms with E-state index in [1.807, 2.05) is 39.8 Å². The number of ether oxygens (including phenoxy) is 1. The third kappa shape index (κ3) is 2.37. The number of aliphatic hydroxyl groups excluding tert-OH is 2. The lowest BCUT2D eigenvalue weighted by molar-refractivity contribution is -0.153. The number of epoxide rings is 1. The predicted molar refractivity (Wildman–Crippen MR) is 103 cm³/mol. The fourth-order valence-corrected chi connectivity index (χ4v) is 6.20. The van der Waals surface area contributed by atoms with Gasteiger partial charge in [0.05, 0.1) is 18.3 Å². The average Bonchev–Trinajstić information content (AvgIpc) is 3.25. The summed E-state index contributed by atoms with van der Waals surface area (Å²) in [6.07, 6.45) is 2.22. The Labute approximate surface area is 166 Å². The first-order valence-electron chi connectivity index (χ1n) is 10.3. The number of hydrogen-bond acceptors (Lipinski definition) is 5. The van der Waals surface area contributed by atoms with Crippen LogP contribution in [0.25, 0.3) is 0 Å². The Morgan fingerprint density at radius 3 is 2.61 bits per heavy atom. The maximum atomic E-state index is 13.7. The van der Waals surface area contributed by atoms with Gasteiger partial charge in [0, 0.05) is 24.3 Å². The van der Waals surface area contributed by atoms with Crippen molar-refractivity contribution in [1.29, 1.82) is 0 Å². The van der Waals surface area contributed by atoms with Gasteiger partial charge in [0.15, 0.2) is 5.78 Å². The molecule has 6 nitrogen and oxygen atoms in total. The van der Waals surface area contributed by atoms with Crippen molar-refractivity contribution < 1.29 is 24.5 Å². The van der Waals surface area contributed by atoms with Crippen LogP contribution in [0.4, 0.5) is 0 Å². The van der Waals surface area contributed by atoms with Crippen molar-refractivity contribution in [2.45, 2.75) is 70.5 Å². The molecule has 6 heteroatoms. The van der Waals surface area contributed by atoms with Gasteiger partial charge < -0.3 is 20.3 Å². The molecule has 3 fully saturated rings. The third-order valence-corrected chi connectivity index (χ3v) is 7.93. The van der Waals surface area contributed by atoms with Crippen LogP contribution in [0.3, 0.4) is 0 Å². The second-order valence-electron chi connectivity index (χ2n) is 9.50. The molecule has 10 atom stereocenters. The van der Waals surface area contributed by atoms with Gasteiger partial charge in [-0.25, -0.2) is 0 Å². The maximum Gasteiger partial charge on any atom is 0.235 e. The molecule has 0 unspecified atom stereocenters. The molecule has 28 heavy (non-hydrogen) atoms. The highest BCUT2D eigenvalue weighted by Crippen LogP contribution is 2.57. The number of allylic oxidation sites excluding steroid dienone is 1. The number of aliphatic hydroxyl groups is 2. The predicted octanol–water partition coefficient (Wildman–Crippen LogP) is 1.36. The zero-order chi connectivity index (χ0) is 20.6. The van der Waals surface area contributed by atoms with Crippen molar-refractivity contribution >= 4 is 11.7 Å². The summed E-state index contributed by atoms with van der Waals surface area (Å²) in [6, 6.07) is -0.215. The number of ketones is 1. The number of fused-ring (bicyclic) bond motifs is 1. The molecule has 2 aliphatic heterocycles. The van der Waals surface area contributed by atoms with Crippen LogP contribution in [0, 0.1) is 29.1 Å². The van der Waals surface area contributed by atoms with Gasteiger partial charge in [0.2, 0.25) is 5.91 Å². The summed E-state index contributed by atoms with van der Waals surface area (Å²) in [5.41, 5.74) is -1.50. The van der Waals surface area contributed by atoms with Crippen molar-refractivity contribution in [3.63, 3.8) is 0 Å². The maximum absolute atomic E-state index is 13.7. The Morgan fingerprint density at radius 2 is 1.93 bits per heavy atom. The summed E-state index contributed by atoms with van der Waals surface area (Å²) in [6.45, 7) is 11.8. The normalized spacial score (nSPS) is 54.7. The summed E-state index contributed by atoms with van der Waals surface area (Å²) in [5.74, 6) is -1.69. The highest BCUT2D eigenvalue weighted by atomic mass is 16.6. The molecule has 1 amide bonds. The van der Waals surface area contributed by atoms with E-state index in [2.05, 4.69) is 11.9 Å². The van der Waals surface area contributed by atoms with E-state index in [1.165, 1.54) is 0 Å². The van der Waals surface area contributed by atoms with E-state index in [1.54, 1.807) is 0 Å². The molecule has 1 saturated carbocycles. The van der Waals surface area contributed by atoms with Gasteiger partial charge in [-0.15, -0.1) is 0 Å². The van der Waals surface area contributed by atoms with Crippen molar-refractivity contribution in [2.75, 3.05) is 0 Å². The van der Waals surface area contributed by atoms with Gasteiger partial charge in [0.1, 0.15) is 11.0 Å². The molecule has 4 rings (SSSR count). The van der Waals surface area contributed by atoms with Crippen LogP contribution >= 0.6 is 0 Å². The fraction of sp³-hybridized carbons (Fsp3) is 0.727. The first-order valence-corrected chi connectivity index (χ1v) is 10.3. The number of nitrogens with one attached hydrogen (secondary N) is 1. The van der Waals surface area contributed by atoms with E-state index in [0.717, 1.165) is 0 Å². The number of Topliss-reactive ketones (excluding diaryl/α,β-unsaturated/α-hetero) is 1. The molecule has 3 N–H and O–H groups in total.